The van der Waals surface area contributed by atoms with Crippen molar-refractivity contribution in [1.82, 2.24) is 0 Å². The maximum atomic E-state index is 10.3. The molecule has 0 saturated heterocycles. The van der Waals surface area contributed by atoms with Gasteiger partial charge in [-0.15, -0.1) is 0 Å². The van der Waals surface area contributed by atoms with Crippen LogP contribution in [0.15, 0.2) is 18.2 Å². The Bertz CT molecular complexity index is 413. The monoisotopic (exact) mass is 205 g/mol. The van der Waals surface area contributed by atoms with Crippen LogP contribution in [0.5, 0.6) is 11.5 Å². The molecule has 1 aromatic rings. The van der Waals surface area contributed by atoms with Crippen molar-refractivity contribution in [2.75, 3.05) is 5.73 Å². The van der Waals surface area contributed by atoms with Crippen LogP contribution in [0.25, 0.3) is 0 Å². The average Bonchev–Trinajstić information content (AvgIpc) is 1.93. The highest BCUT2D eigenvalue weighted by molar-refractivity contribution is 7.81. The molecule has 6 nitrogen and oxygen atoms in total. The van der Waals surface area contributed by atoms with E-state index in [2.05, 4.69) is 4.18 Å². The van der Waals surface area contributed by atoms with Gasteiger partial charge < -0.3 is 15.0 Å². The quantitative estimate of drug-likeness (QED) is 0.468. The molecule has 72 valence electrons. The Morgan fingerprint density at radius 1 is 1.38 bits per heavy atom. The zero-order valence-electron chi connectivity index (χ0n) is 6.34. The molecule has 1 rings (SSSR count). The smallest absolute Gasteiger partial charge is 0.446 e. The fourth-order valence-electron chi connectivity index (χ4n) is 0.725. The van der Waals surface area contributed by atoms with Gasteiger partial charge in [-0.25, -0.2) is 0 Å². The first-order chi connectivity index (χ1) is 5.88. The summed E-state index contributed by atoms with van der Waals surface area (Å²) in [6, 6.07) is 3.40. The van der Waals surface area contributed by atoms with E-state index in [1.807, 2.05) is 0 Å². The molecule has 0 atom stereocenters. The molecule has 0 fully saturated rings. The van der Waals surface area contributed by atoms with Crippen LogP contribution in [0.2, 0.25) is 0 Å². The Morgan fingerprint density at radius 2 is 2.00 bits per heavy atom. The SMILES string of the molecule is Nc1cc(O)ccc1OS(=O)(=O)O. The molecule has 0 aliphatic carbocycles. The van der Waals surface area contributed by atoms with Crippen LogP contribution in [0.4, 0.5) is 5.69 Å². The third-order valence-corrected chi connectivity index (χ3v) is 1.58. The van der Waals surface area contributed by atoms with Gasteiger partial charge in [0.05, 0.1) is 5.69 Å². The Labute approximate surface area is 74.5 Å². The third-order valence-electron chi connectivity index (χ3n) is 1.19. The van der Waals surface area contributed by atoms with Crippen molar-refractivity contribution in [2.24, 2.45) is 0 Å². The Morgan fingerprint density at radius 3 is 2.46 bits per heavy atom. The summed E-state index contributed by atoms with van der Waals surface area (Å²) in [5.74, 6) is -0.361. The number of phenols is 1. The molecule has 0 unspecified atom stereocenters. The number of hydrogen-bond acceptors (Lipinski definition) is 5. The first kappa shape index (κ1) is 9.62. The van der Waals surface area contributed by atoms with Gasteiger partial charge in [0.15, 0.2) is 5.75 Å². The summed E-state index contributed by atoms with van der Waals surface area (Å²) in [4.78, 5) is 0. The second kappa shape index (κ2) is 3.11. The van der Waals surface area contributed by atoms with Gasteiger partial charge in [-0.1, -0.05) is 0 Å². The summed E-state index contributed by atoms with van der Waals surface area (Å²) in [6.45, 7) is 0. The molecule has 4 N–H and O–H groups in total. The molecule has 0 aliphatic rings. The predicted molar refractivity (Wildman–Crippen MR) is 44.7 cm³/mol. The summed E-state index contributed by atoms with van der Waals surface area (Å²) in [6.07, 6.45) is 0. The lowest BCUT2D eigenvalue weighted by molar-refractivity contribution is 0.387. The minimum absolute atomic E-state index is 0.0855. The highest BCUT2D eigenvalue weighted by Gasteiger charge is 2.09. The summed E-state index contributed by atoms with van der Waals surface area (Å²) in [7, 11) is -4.57. The number of anilines is 1. The lowest BCUT2D eigenvalue weighted by Gasteiger charge is -2.04. The highest BCUT2D eigenvalue weighted by Crippen LogP contribution is 2.26. The molecular weight excluding hydrogens is 198 g/mol. The number of nitrogens with two attached hydrogens (primary N) is 1. The van der Waals surface area contributed by atoms with Crippen LogP contribution >= 0.6 is 0 Å². The second-order valence-corrected chi connectivity index (χ2v) is 3.26. The van der Waals surface area contributed by atoms with E-state index in [0.717, 1.165) is 12.1 Å². The van der Waals surface area contributed by atoms with Gasteiger partial charge in [0.1, 0.15) is 5.75 Å². The van der Waals surface area contributed by atoms with Gasteiger partial charge in [0.2, 0.25) is 0 Å². The van der Waals surface area contributed by atoms with Crippen molar-refractivity contribution in [3.05, 3.63) is 18.2 Å². The third kappa shape index (κ3) is 2.80. The number of rotatable bonds is 2. The number of hydrogen-bond donors (Lipinski definition) is 3. The normalized spacial score (nSPS) is 11.2. The minimum Gasteiger partial charge on any atom is -0.508 e. The zero-order chi connectivity index (χ0) is 10.1. The second-order valence-electron chi connectivity index (χ2n) is 2.23. The highest BCUT2D eigenvalue weighted by atomic mass is 32.3. The van der Waals surface area contributed by atoms with E-state index >= 15 is 0 Å². The minimum atomic E-state index is -4.57. The molecule has 0 spiro atoms. The largest absolute Gasteiger partial charge is 0.508 e. The van der Waals surface area contributed by atoms with Crippen LogP contribution in [-0.4, -0.2) is 18.1 Å². The molecule has 0 heterocycles. The molecule has 13 heavy (non-hydrogen) atoms. The van der Waals surface area contributed by atoms with Gasteiger partial charge in [-0.05, 0) is 12.1 Å². The van der Waals surface area contributed by atoms with Crippen molar-refractivity contribution in [3.63, 3.8) is 0 Å². The van der Waals surface area contributed by atoms with Crippen molar-refractivity contribution < 1.29 is 22.3 Å². The number of benzene rings is 1. The van der Waals surface area contributed by atoms with E-state index < -0.39 is 10.4 Å². The van der Waals surface area contributed by atoms with Gasteiger partial charge >= 0.3 is 10.4 Å². The van der Waals surface area contributed by atoms with Crippen molar-refractivity contribution in [3.8, 4) is 11.5 Å². The molecule has 0 amide bonds. The van der Waals surface area contributed by atoms with E-state index in [1.165, 1.54) is 6.07 Å². The molecule has 1 aromatic carbocycles. The summed E-state index contributed by atoms with van der Waals surface area (Å²) >= 11 is 0. The van der Waals surface area contributed by atoms with Gasteiger partial charge in [0.25, 0.3) is 0 Å². The van der Waals surface area contributed by atoms with Crippen molar-refractivity contribution in [2.45, 2.75) is 0 Å². The molecule has 0 saturated carbocycles. The van der Waals surface area contributed by atoms with E-state index in [-0.39, 0.29) is 17.2 Å². The molecule has 0 radical (unpaired) electrons. The van der Waals surface area contributed by atoms with Crippen molar-refractivity contribution in [1.29, 1.82) is 0 Å². The van der Waals surface area contributed by atoms with Gasteiger partial charge in [0, 0.05) is 6.07 Å². The topological polar surface area (TPSA) is 110 Å². The lowest BCUT2D eigenvalue weighted by Crippen LogP contribution is -2.08. The molecular formula is C6H7NO5S. The van der Waals surface area contributed by atoms with Crippen molar-refractivity contribution >= 4 is 16.1 Å². The van der Waals surface area contributed by atoms with E-state index in [1.54, 1.807) is 0 Å². The summed E-state index contributed by atoms with van der Waals surface area (Å²) in [5.41, 5.74) is 5.18. The fourth-order valence-corrected chi connectivity index (χ4v) is 1.10. The maximum absolute atomic E-state index is 10.3. The van der Waals surface area contributed by atoms with Crippen LogP contribution in [0.3, 0.4) is 0 Å². The van der Waals surface area contributed by atoms with E-state index in [4.69, 9.17) is 15.4 Å². The Kier molecular flexibility index (Phi) is 2.30. The molecule has 7 heteroatoms. The van der Waals surface area contributed by atoms with E-state index in [9.17, 15) is 8.42 Å². The summed E-state index contributed by atoms with van der Waals surface area (Å²) < 4.78 is 32.9. The average molecular weight is 205 g/mol. The molecule has 0 aliphatic heterocycles. The first-order valence-electron chi connectivity index (χ1n) is 3.14. The Balaban J connectivity index is 3.04. The number of aromatic hydroxyl groups is 1. The summed E-state index contributed by atoms with van der Waals surface area (Å²) in [5, 5.41) is 8.89. The standard InChI is InChI=1S/C6H7NO5S/c7-5-3-4(8)1-2-6(5)12-13(9,10)11/h1-3,8H,7H2,(H,9,10,11). The van der Waals surface area contributed by atoms with E-state index in [0.29, 0.717) is 0 Å². The first-order valence-corrected chi connectivity index (χ1v) is 4.50. The van der Waals surface area contributed by atoms with Crippen LogP contribution < -0.4 is 9.92 Å². The number of phenolic OH excluding ortho intramolecular Hbond substituents is 1. The van der Waals surface area contributed by atoms with Crippen LogP contribution in [0, 0.1) is 0 Å². The molecule has 0 aromatic heterocycles. The molecule has 0 bridgehead atoms. The zero-order valence-corrected chi connectivity index (χ0v) is 7.15. The van der Waals surface area contributed by atoms with Gasteiger partial charge in [-0.2, -0.15) is 8.42 Å². The van der Waals surface area contributed by atoms with Gasteiger partial charge in [-0.3, -0.25) is 4.55 Å². The fraction of sp³-hybridized carbons (Fsp3) is 0. The number of nitrogen functional groups attached to an aromatic ring is 1. The maximum Gasteiger partial charge on any atom is 0.446 e. The lowest BCUT2D eigenvalue weighted by atomic mass is 10.3. The van der Waals surface area contributed by atoms with Crippen LogP contribution in [0.1, 0.15) is 0 Å². The predicted octanol–water partition coefficient (Wildman–Crippen LogP) is 0.156. The Hall–Kier alpha value is -1.47. The van der Waals surface area contributed by atoms with Crippen LogP contribution in [-0.2, 0) is 10.4 Å².